The molecule has 0 unspecified atom stereocenters. The fourth-order valence-corrected chi connectivity index (χ4v) is 3.62. The van der Waals surface area contributed by atoms with E-state index >= 15 is 0 Å². The van der Waals surface area contributed by atoms with Crippen LogP contribution in [-0.4, -0.2) is 19.0 Å². The Balaban J connectivity index is 0.00000161. The summed E-state index contributed by atoms with van der Waals surface area (Å²) in [5.41, 5.74) is 1.12. The predicted molar refractivity (Wildman–Crippen MR) is 90.7 cm³/mol. The fourth-order valence-electron chi connectivity index (χ4n) is 3.22. The second kappa shape index (κ2) is 7.12. The van der Waals surface area contributed by atoms with Crippen molar-refractivity contribution in [2.75, 3.05) is 13.1 Å². The van der Waals surface area contributed by atoms with Crippen LogP contribution in [0.1, 0.15) is 37.7 Å². The molecule has 0 atom stereocenters. The van der Waals surface area contributed by atoms with Gasteiger partial charge in [0.1, 0.15) is 0 Å². The quantitative estimate of drug-likeness (QED) is 0.853. The van der Waals surface area contributed by atoms with Gasteiger partial charge in [-0.2, -0.15) is 0 Å². The summed E-state index contributed by atoms with van der Waals surface area (Å²) in [6.45, 7) is 1.92. The van der Waals surface area contributed by atoms with Crippen LogP contribution in [0.15, 0.2) is 28.7 Å². The Morgan fingerprint density at radius 3 is 2.57 bits per heavy atom. The molecule has 1 saturated heterocycles. The number of halogens is 2. The first kappa shape index (κ1) is 16.8. The summed E-state index contributed by atoms with van der Waals surface area (Å²) in [6, 6.07) is 8.36. The summed E-state index contributed by atoms with van der Waals surface area (Å²) in [4.78, 5) is 12.5. The molecule has 1 amide bonds. The lowest BCUT2D eigenvalue weighted by Crippen LogP contribution is -2.53. The van der Waals surface area contributed by atoms with E-state index in [1.807, 2.05) is 6.07 Å². The Morgan fingerprint density at radius 2 is 2.00 bits per heavy atom. The van der Waals surface area contributed by atoms with Crippen LogP contribution in [-0.2, 0) is 10.3 Å². The molecule has 1 heterocycles. The van der Waals surface area contributed by atoms with Gasteiger partial charge in [0.25, 0.3) is 0 Å². The van der Waals surface area contributed by atoms with Crippen LogP contribution >= 0.6 is 28.3 Å². The molecule has 0 bridgehead atoms. The summed E-state index contributed by atoms with van der Waals surface area (Å²) in [6.07, 6.45) is 5.22. The van der Waals surface area contributed by atoms with Crippen molar-refractivity contribution in [3.8, 4) is 0 Å². The summed E-state index contributed by atoms with van der Waals surface area (Å²) >= 11 is 3.53. The SMILES string of the molecule is Cl.O=C(NC1(c2cccc(Br)c2)CCC1)C1CCNCC1. The van der Waals surface area contributed by atoms with Crippen molar-refractivity contribution in [1.82, 2.24) is 10.6 Å². The van der Waals surface area contributed by atoms with Gasteiger partial charge in [0, 0.05) is 10.4 Å². The van der Waals surface area contributed by atoms with Crippen LogP contribution < -0.4 is 10.6 Å². The number of hydrogen-bond acceptors (Lipinski definition) is 2. The summed E-state index contributed by atoms with van der Waals surface area (Å²) in [5, 5.41) is 6.67. The van der Waals surface area contributed by atoms with Gasteiger partial charge in [0.2, 0.25) is 5.91 Å². The zero-order valence-corrected chi connectivity index (χ0v) is 14.4. The van der Waals surface area contributed by atoms with Crippen molar-refractivity contribution in [3.63, 3.8) is 0 Å². The monoisotopic (exact) mass is 372 g/mol. The first-order valence-corrected chi connectivity index (χ1v) is 8.28. The Kier molecular flexibility index (Phi) is 5.69. The first-order valence-electron chi connectivity index (χ1n) is 7.48. The molecular formula is C16H22BrClN2O. The molecule has 3 rings (SSSR count). The zero-order valence-electron chi connectivity index (χ0n) is 12.0. The van der Waals surface area contributed by atoms with Gasteiger partial charge in [0.05, 0.1) is 5.54 Å². The molecule has 1 aliphatic heterocycles. The molecule has 1 saturated carbocycles. The Labute approximate surface area is 140 Å². The van der Waals surface area contributed by atoms with Crippen molar-refractivity contribution in [2.45, 2.75) is 37.6 Å². The average molecular weight is 374 g/mol. The van der Waals surface area contributed by atoms with Crippen LogP contribution in [0.2, 0.25) is 0 Å². The minimum absolute atomic E-state index is 0. The van der Waals surface area contributed by atoms with Crippen LogP contribution in [0.4, 0.5) is 0 Å². The normalized spacial score (nSPS) is 21.0. The molecule has 1 aromatic rings. The van der Waals surface area contributed by atoms with E-state index in [0.29, 0.717) is 0 Å². The van der Waals surface area contributed by atoms with Gasteiger partial charge in [-0.15, -0.1) is 12.4 Å². The van der Waals surface area contributed by atoms with E-state index in [4.69, 9.17) is 0 Å². The maximum atomic E-state index is 12.5. The number of piperidine rings is 1. The van der Waals surface area contributed by atoms with E-state index in [9.17, 15) is 4.79 Å². The molecule has 21 heavy (non-hydrogen) atoms. The van der Waals surface area contributed by atoms with E-state index < -0.39 is 0 Å². The largest absolute Gasteiger partial charge is 0.346 e. The van der Waals surface area contributed by atoms with Crippen molar-refractivity contribution in [1.29, 1.82) is 0 Å². The molecular weight excluding hydrogens is 352 g/mol. The van der Waals surface area contributed by atoms with Gasteiger partial charge >= 0.3 is 0 Å². The maximum Gasteiger partial charge on any atom is 0.223 e. The number of amides is 1. The van der Waals surface area contributed by atoms with Gasteiger partial charge in [-0.3, -0.25) is 4.79 Å². The van der Waals surface area contributed by atoms with Crippen molar-refractivity contribution < 1.29 is 4.79 Å². The van der Waals surface area contributed by atoms with Crippen molar-refractivity contribution in [2.24, 2.45) is 5.92 Å². The fraction of sp³-hybridized carbons (Fsp3) is 0.562. The molecule has 0 radical (unpaired) electrons. The summed E-state index contributed by atoms with van der Waals surface area (Å²) in [5.74, 6) is 0.423. The molecule has 5 heteroatoms. The van der Waals surface area contributed by atoms with E-state index in [1.165, 1.54) is 12.0 Å². The Morgan fingerprint density at radius 1 is 1.29 bits per heavy atom. The molecule has 1 aliphatic carbocycles. The molecule has 0 aromatic heterocycles. The number of carbonyl (C=O) groups excluding carboxylic acids is 1. The molecule has 116 valence electrons. The second-order valence-electron chi connectivity index (χ2n) is 5.96. The highest BCUT2D eigenvalue weighted by molar-refractivity contribution is 9.10. The Hall–Kier alpha value is -0.580. The number of hydrogen-bond donors (Lipinski definition) is 2. The lowest BCUT2D eigenvalue weighted by Gasteiger charge is -2.44. The van der Waals surface area contributed by atoms with Crippen LogP contribution in [0, 0.1) is 5.92 Å². The van der Waals surface area contributed by atoms with Crippen molar-refractivity contribution in [3.05, 3.63) is 34.3 Å². The summed E-state index contributed by atoms with van der Waals surface area (Å²) < 4.78 is 1.08. The number of carbonyl (C=O) groups is 1. The molecule has 2 fully saturated rings. The van der Waals surface area contributed by atoms with Crippen LogP contribution in [0.25, 0.3) is 0 Å². The standard InChI is InChI=1S/C16H21BrN2O.ClH/c17-14-4-1-3-13(11-14)16(7-2-8-16)19-15(20)12-5-9-18-10-6-12;/h1,3-4,11-12,18H,2,5-10H2,(H,19,20);1H. The minimum Gasteiger partial charge on any atom is -0.346 e. The first-order chi connectivity index (χ1) is 9.70. The number of rotatable bonds is 3. The maximum absolute atomic E-state index is 12.5. The second-order valence-corrected chi connectivity index (χ2v) is 6.88. The third-order valence-corrected chi connectivity index (χ3v) is 5.15. The average Bonchev–Trinajstić information content (AvgIpc) is 2.43. The highest BCUT2D eigenvalue weighted by Gasteiger charge is 2.41. The van der Waals surface area contributed by atoms with Gasteiger partial charge in [0.15, 0.2) is 0 Å². The van der Waals surface area contributed by atoms with Gasteiger partial charge < -0.3 is 10.6 Å². The topological polar surface area (TPSA) is 41.1 Å². The molecule has 2 aliphatic rings. The molecule has 3 nitrogen and oxygen atoms in total. The molecule has 1 aromatic carbocycles. The number of benzene rings is 1. The van der Waals surface area contributed by atoms with E-state index in [1.54, 1.807) is 0 Å². The molecule has 0 spiro atoms. The summed E-state index contributed by atoms with van der Waals surface area (Å²) in [7, 11) is 0. The third-order valence-electron chi connectivity index (χ3n) is 4.66. The third kappa shape index (κ3) is 3.61. The lowest BCUT2D eigenvalue weighted by atomic mass is 9.71. The smallest absolute Gasteiger partial charge is 0.223 e. The van der Waals surface area contributed by atoms with Crippen LogP contribution in [0.3, 0.4) is 0 Å². The minimum atomic E-state index is -0.119. The van der Waals surface area contributed by atoms with E-state index in [0.717, 1.165) is 43.2 Å². The highest BCUT2D eigenvalue weighted by atomic mass is 79.9. The van der Waals surface area contributed by atoms with E-state index in [-0.39, 0.29) is 29.8 Å². The van der Waals surface area contributed by atoms with Crippen molar-refractivity contribution >= 4 is 34.2 Å². The van der Waals surface area contributed by atoms with E-state index in [2.05, 4.69) is 44.8 Å². The van der Waals surface area contributed by atoms with Crippen LogP contribution in [0.5, 0.6) is 0 Å². The molecule has 2 N–H and O–H groups in total. The number of nitrogens with one attached hydrogen (secondary N) is 2. The predicted octanol–water partition coefficient (Wildman–Crippen LogP) is 3.37. The van der Waals surface area contributed by atoms with Gasteiger partial charge in [-0.05, 0) is 62.9 Å². The lowest BCUT2D eigenvalue weighted by molar-refractivity contribution is -0.129. The highest BCUT2D eigenvalue weighted by Crippen LogP contribution is 2.42. The zero-order chi connectivity index (χ0) is 14.0. The van der Waals surface area contributed by atoms with Gasteiger partial charge in [-0.25, -0.2) is 0 Å². The Bertz CT molecular complexity index is 499. The van der Waals surface area contributed by atoms with Gasteiger partial charge in [-0.1, -0.05) is 28.1 Å².